The van der Waals surface area contributed by atoms with Crippen LogP contribution in [0.15, 0.2) is 48.5 Å². The Morgan fingerprint density at radius 3 is 2.42 bits per heavy atom. The highest BCUT2D eigenvalue weighted by molar-refractivity contribution is 6.59. The van der Waals surface area contributed by atoms with Crippen molar-refractivity contribution in [3.05, 3.63) is 59.7 Å². The van der Waals surface area contributed by atoms with Crippen LogP contribution in [0.1, 0.15) is 15.9 Å². The van der Waals surface area contributed by atoms with Gasteiger partial charge in [-0.1, -0.05) is 30.3 Å². The van der Waals surface area contributed by atoms with E-state index < -0.39 is 7.12 Å². The Bertz CT molecular complexity index is 628. The molecule has 2 aromatic carbocycles. The van der Waals surface area contributed by atoms with Gasteiger partial charge in [-0.3, -0.25) is 4.79 Å². The van der Waals surface area contributed by atoms with Crippen molar-refractivity contribution >= 4 is 24.2 Å². The van der Waals surface area contributed by atoms with Crippen LogP contribution in [0.5, 0.6) is 0 Å². The third kappa shape index (κ3) is 1.93. The SMILES string of the molecule is O=C1c2cccc(B(O)O)c2CN1c1ccccc1. The summed E-state index contributed by atoms with van der Waals surface area (Å²) < 4.78 is 0. The van der Waals surface area contributed by atoms with Gasteiger partial charge in [0.1, 0.15) is 0 Å². The van der Waals surface area contributed by atoms with Gasteiger partial charge in [-0.15, -0.1) is 0 Å². The van der Waals surface area contributed by atoms with Crippen LogP contribution in [-0.4, -0.2) is 23.1 Å². The van der Waals surface area contributed by atoms with Gasteiger partial charge in [-0.25, -0.2) is 0 Å². The van der Waals surface area contributed by atoms with E-state index >= 15 is 0 Å². The normalized spacial score (nSPS) is 13.6. The summed E-state index contributed by atoms with van der Waals surface area (Å²) in [6.07, 6.45) is 0. The summed E-state index contributed by atoms with van der Waals surface area (Å²) in [5.41, 5.74) is 2.42. The number of nitrogens with zero attached hydrogens (tertiary/aromatic N) is 1. The molecule has 1 amide bonds. The second-order valence-electron chi connectivity index (χ2n) is 4.47. The number of para-hydroxylation sites is 1. The third-order valence-electron chi connectivity index (χ3n) is 3.35. The maximum atomic E-state index is 12.3. The number of hydrogen-bond donors (Lipinski definition) is 2. The Balaban J connectivity index is 2.05. The summed E-state index contributed by atoms with van der Waals surface area (Å²) in [4.78, 5) is 14.0. The summed E-state index contributed by atoms with van der Waals surface area (Å²) in [6.45, 7) is 0.367. The van der Waals surface area contributed by atoms with Gasteiger partial charge in [0.2, 0.25) is 0 Å². The highest BCUT2D eigenvalue weighted by atomic mass is 16.4. The summed E-state index contributed by atoms with van der Waals surface area (Å²) in [6, 6.07) is 14.4. The Morgan fingerprint density at radius 1 is 1.00 bits per heavy atom. The van der Waals surface area contributed by atoms with Crippen molar-refractivity contribution in [2.24, 2.45) is 0 Å². The molecule has 1 aliphatic rings. The maximum Gasteiger partial charge on any atom is 0.488 e. The van der Waals surface area contributed by atoms with Crippen molar-refractivity contribution in [1.29, 1.82) is 0 Å². The number of anilines is 1. The summed E-state index contributed by atoms with van der Waals surface area (Å²) in [5.74, 6) is -0.108. The molecule has 1 aliphatic heterocycles. The number of carbonyl (C=O) groups excluding carboxylic acids is 1. The second-order valence-corrected chi connectivity index (χ2v) is 4.47. The van der Waals surface area contributed by atoms with E-state index in [-0.39, 0.29) is 5.91 Å². The van der Waals surface area contributed by atoms with Crippen molar-refractivity contribution in [3.63, 3.8) is 0 Å². The first-order chi connectivity index (χ1) is 9.18. The van der Waals surface area contributed by atoms with E-state index in [1.54, 1.807) is 23.1 Å². The van der Waals surface area contributed by atoms with E-state index in [9.17, 15) is 14.8 Å². The second kappa shape index (κ2) is 4.53. The van der Waals surface area contributed by atoms with Crippen LogP contribution in [-0.2, 0) is 6.54 Å². The zero-order valence-electron chi connectivity index (χ0n) is 10.2. The maximum absolute atomic E-state index is 12.3. The molecule has 94 valence electrons. The molecule has 1 heterocycles. The fourth-order valence-corrected chi connectivity index (χ4v) is 2.42. The van der Waals surface area contributed by atoms with E-state index in [1.807, 2.05) is 30.3 Å². The molecule has 0 unspecified atom stereocenters. The molecule has 0 bridgehead atoms. The monoisotopic (exact) mass is 253 g/mol. The predicted octanol–water partition coefficient (Wildman–Crippen LogP) is 0.527. The van der Waals surface area contributed by atoms with Gasteiger partial charge < -0.3 is 14.9 Å². The van der Waals surface area contributed by atoms with Crippen molar-refractivity contribution in [2.45, 2.75) is 6.54 Å². The molecule has 2 N–H and O–H groups in total. The van der Waals surface area contributed by atoms with Crippen LogP contribution >= 0.6 is 0 Å². The van der Waals surface area contributed by atoms with Crippen LogP contribution in [0, 0.1) is 0 Å². The Hall–Kier alpha value is -2.11. The van der Waals surface area contributed by atoms with Gasteiger partial charge in [0.25, 0.3) is 5.91 Å². The Morgan fingerprint density at radius 2 is 1.74 bits per heavy atom. The number of hydrogen-bond acceptors (Lipinski definition) is 3. The Kier molecular flexibility index (Phi) is 2.85. The lowest BCUT2D eigenvalue weighted by molar-refractivity contribution is 0.0996. The lowest BCUT2D eigenvalue weighted by atomic mass is 9.76. The fourth-order valence-electron chi connectivity index (χ4n) is 2.42. The van der Waals surface area contributed by atoms with Gasteiger partial charge in [0, 0.05) is 11.3 Å². The quantitative estimate of drug-likeness (QED) is 0.767. The highest BCUT2D eigenvalue weighted by Crippen LogP contribution is 2.27. The first-order valence-electron chi connectivity index (χ1n) is 6.03. The molecule has 0 saturated carbocycles. The van der Waals surface area contributed by atoms with Gasteiger partial charge in [-0.05, 0) is 29.2 Å². The van der Waals surface area contributed by atoms with Crippen LogP contribution in [0.4, 0.5) is 5.69 Å². The minimum absolute atomic E-state index is 0.108. The van der Waals surface area contributed by atoms with Crippen molar-refractivity contribution in [3.8, 4) is 0 Å². The van der Waals surface area contributed by atoms with Crippen LogP contribution < -0.4 is 10.4 Å². The van der Waals surface area contributed by atoms with Gasteiger partial charge >= 0.3 is 7.12 Å². The van der Waals surface area contributed by atoms with Gasteiger partial charge in [0.05, 0.1) is 6.54 Å². The van der Waals surface area contributed by atoms with E-state index in [4.69, 9.17) is 0 Å². The smallest absolute Gasteiger partial charge is 0.423 e. The standard InChI is InChI=1S/C14H12BNO3/c17-14-11-7-4-8-13(15(18)19)12(11)9-16(14)10-5-2-1-3-6-10/h1-8,18-19H,9H2. The minimum Gasteiger partial charge on any atom is -0.423 e. The Labute approximate surface area is 111 Å². The van der Waals surface area contributed by atoms with E-state index in [0.29, 0.717) is 23.1 Å². The summed E-state index contributed by atoms with van der Waals surface area (Å²) in [7, 11) is -1.56. The molecule has 0 fully saturated rings. The third-order valence-corrected chi connectivity index (χ3v) is 3.35. The first-order valence-corrected chi connectivity index (χ1v) is 6.03. The van der Waals surface area contributed by atoms with Gasteiger partial charge in [-0.2, -0.15) is 0 Å². The number of carbonyl (C=O) groups is 1. The molecule has 5 heteroatoms. The lowest BCUT2D eigenvalue weighted by Crippen LogP contribution is -2.33. The molecule has 0 aromatic heterocycles. The van der Waals surface area contributed by atoms with Gasteiger partial charge in [0.15, 0.2) is 0 Å². The molecule has 0 aliphatic carbocycles. The highest BCUT2D eigenvalue weighted by Gasteiger charge is 2.32. The average molecular weight is 253 g/mol. The van der Waals surface area contributed by atoms with E-state index in [1.165, 1.54) is 0 Å². The average Bonchev–Trinajstić information content (AvgIpc) is 2.77. The fraction of sp³-hybridized carbons (Fsp3) is 0.0714. The van der Waals surface area contributed by atoms with Crippen LogP contribution in [0.2, 0.25) is 0 Å². The number of fused-ring (bicyclic) bond motifs is 1. The predicted molar refractivity (Wildman–Crippen MR) is 73.2 cm³/mol. The summed E-state index contributed by atoms with van der Waals surface area (Å²) in [5, 5.41) is 18.7. The molecular weight excluding hydrogens is 241 g/mol. The number of benzene rings is 2. The zero-order valence-corrected chi connectivity index (χ0v) is 10.2. The number of rotatable bonds is 2. The van der Waals surface area contributed by atoms with E-state index in [2.05, 4.69) is 0 Å². The topological polar surface area (TPSA) is 60.8 Å². The van der Waals surface area contributed by atoms with Crippen molar-refractivity contribution < 1.29 is 14.8 Å². The molecule has 4 nitrogen and oxygen atoms in total. The van der Waals surface area contributed by atoms with E-state index in [0.717, 1.165) is 5.69 Å². The molecule has 0 atom stereocenters. The molecular formula is C14H12BNO3. The van der Waals surface area contributed by atoms with Crippen molar-refractivity contribution in [1.82, 2.24) is 0 Å². The molecule has 3 rings (SSSR count). The van der Waals surface area contributed by atoms with Crippen LogP contribution in [0.25, 0.3) is 0 Å². The molecule has 0 saturated heterocycles. The molecule has 2 aromatic rings. The molecule has 19 heavy (non-hydrogen) atoms. The number of amides is 1. The lowest BCUT2D eigenvalue weighted by Gasteiger charge is -2.15. The summed E-state index contributed by atoms with van der Waals surface area (Å²) >= 11 is 0. The molecule has 0 spiro atoms. The largest absolute Gasteiger partial charge is 0.488 e. The molecule has 0 radical (unpaired) electrons. The van der Waals surface area contributed by atoms with Crippen LogP contribution in [0.3, 0.4) is 0 Å². The zero-order chi connectivity index (χ0) is 13.4. The van der Waals surface area contributed by atoms with Crippen molar-refractivity contribution in [2.75, 3.05) is 4.90 Å². The first kappa shape index (κ1) is 12.0. The minimum atomic E-state index is -1.56.